The summed E-state index contributed by atoms with van der Waals surface area (Å²) in [4.78, 5) is 17.0. The van der Waals surface area contributed by atoms with Crippen molar-refractivity contribution in [2.45, 2.75) is 29.7 Å². The number of hydrogen-bond donors (Lipinski definition) is 0. The molecule has 0 N–H and O–H groups in total. The number of rotatable bonds is 5. The van der Waals surface area contributed by atoms with Crippen molar-refractivity contribution >= 4 is 60.5 Å². The summed E-state index contributed by atoms with van der Waals surface area (Å²) in [6.45, 7) is 0.326. The highest BCUT2D eigenvalue weighted by molar-refractivity contribution is 7.91. The van der Waals surface area contributed by atoms with Crippen LogP contribution in [0, 0.1) is 0 Å². The smallest absolute Gasteiger partial charge is 0.324 e. The molecule has 3 heterocycles. The molecular weight excluding hydrogens is 428 g/mol. The number of benzene rings is 1. The minimum absolute atomic E-state index is 0.0351. The number of carbonyl (C=O) groups excluding carboxylic acids is 1. The molecule has 27 heavy (non-hydrogen) atoms. The van der Waals surface area contributed by atoms with Crippen LogP contribution in [0.25, 0.3) is 10.2 Å². The molecule has 0 saturated carbocycles. The van der Waals surface area contributed by atoms with E-state index in [4.69, 9.17) is 16.3 Å². The number of nitrogens with zero attached hydrogens (tertiary/aromatic N) is 2. The first kappa shape index (κ1) is 18.8. The average molecular weight is 443 g/mol. The molecule has 1 unspecified atom stereocenters. The third kappa shape index (κ3) is 3.74. The lowest BCUT2D eigenvalue weighted by Gasteiger charge is -2.21. The highest BCUT2D eigenvalue weighted by atomic mass is 35.5. The molecular formula is C17H15ClN2O4S3. The van der Waals surface area contributed by atoms with Crippen LogP contribution >= 0.6 is 34.3 Å². The first-order valence-corrected chi connectivity index (χ1v) is 11.7. The molecule has 3 aromatic rings. The molecule has 1 saturated heterocycles. The normalized spacial score (nSPS) is 18.2. The predicted molar refractivity (Wildman–Crippen MR) is 106 cm³/mol. The number of hydrogen-bond acceptors (Lipinski definition) is 7. The number of fused-ring (bicyclic) bond motifs is 1. The number of ether oxygens (including phenoxy) is 1. The topological polar surface area (TPSA) is 76.6 Å². The fraction of sp³-hybridized carbons (Fsp3) is 0.294. The molecule has 1 aliphatic heterocycles. The van der Waals surface area contributed by atoms with Crippen molar-refractivity contribution < 1.29 is 17.9 Å². The first-order chi connectivity index (χ1) is 12.9. The number of sulfonamides is 1. The second-order valence-electron chi connectivity index (χ2n) is 6.02. The Morgan fingerprint density at radius 1 is 1.26 bits per heavy atom. The van der Waals surface area contributed by atoms with E-state index in [1.165, 1.54) is 27.8 Å². The lowest BCUT2D eigenvalue weighted by atomic mass is 10.2. The number of thiazole rings is 1. The Kier molecular flexibility index (Phi) is 5.21. The van der Waals surface area contributed by atoms with Crippen molar-refractivity contribution in [1.82, 2.24) is 9.29 Å². The summed E-state index contributed by atoms with van der Waals surface area (Å²) in [6.07, 6.45) is 1.05. The Labute approximate surface area is 169 Å². The van der Waals surface area contributed by atoms with Crippen LogP contribution in [0.5, 0.6) is 0 Å². The minimum Gasteiger partial charge on any atom is -0.457 e. The fourth-order valence-corrected chi connectivity index (χ4v) is 7.17. The molecule has 0 radical (unpaired) electrons. The molecule has 0 spiro atoms. The van der Waals surface area contributed by atoms with Crippen LogP contribution in [-0.2, 0) is 26.2 Å². The van der Waals surface area contributed by atoms with Crippen LogP contribution in [0.15, 0.2) is 40.6 Å². The maximum atomic E-state index is 12.8. The van der Waals surface area contributed by atoms with Gasteiger partial charge in [-0.2, -0.15) is 4.31 Å². The van der Waals surface area contributed by atoms with Gasteiger partial charge in [0.25, 0.3) is 10.0 Å². The van der Waals surface area contributed by atoms with Gasteiger partial charge in [-0.1, -0.05) is 23.7 Å². The number of halogens is 1. The highest BCUT2D eigenvalue weighted by Crippen LogP contribution is 2.32. The Morgan fingerprint density at radius 2 is 2.07 bits per heavy atom. The Morgan fingerprint density at radius 3 is 2.81 bits per heavy atom. The molecule has 4 rings (SSSR count). The molecule has 1 fully saturated rings. The van der Waals surface area contributed by atoms with Gasteiger partial charge in [0.1, 0.15) is 21.9 Å². The minimum atomic E-state index is -3.76. The van der Waals surface area contributed by atoms with Gasteiger partial charge in [-0.05, 0) is 37.1 Å². The lowest BCUT2D eigenvalue weighted by molar-refractivity contribution is -0.148. The van der Waals surface area contributed by atoms with Crippen molar-refractivity contribution in [3.8, 4) is 0 Å². The maximum absolute atomic E-state index is 12.8. The van der Waals surface area contributed by atoms with E-state index in [1.54, 1.807) is 0 Å². The molecule has 0 aliphatic carbocycles. The van der Waals surface area contributed by atoms with E-state index in [-0.39, 0.29) is 10.8 Å². The number of esters is 1. The average Bonchev–Trinajstić information content (AvgIpc) is 3.38. The summed E-state index contributed by atoms with van der Waals surface area (Å²) < 4.78 is 33.8. The van der Waals surface area contributed by atoms with Gasteiger partial charge < -0.3 is 4.74 Å². The highest BCUT2D eigenvalue weighted by Gasteiger charge is 2.41. The van der Waals surface area contributed by atoms with Crippen LogP contribution in [0.4, 0.5) is 0 Å². The van der Waals surface area contributed by atoms with E-state index < -0.39 is 22.0 Å². The zero-order valence-corrected chi connectivity index (χ0v) is 17.2. The third-order valence-electron chi connectivity index (χ3n) is 4.26. The van der Waals surface area contributed by atoms with E-state index in [1.807, 2.05) is 24.3 Å². The van der Waals surface area contributed by atoms with Crippen LogP contribution in [0.2, 0.25) is 4.34 Å². The van der Waals surface area contributed by atoms with Crippen molar-refractivity contribution in [2.24, 2.45) is 0 Å². The number of para-hydroxylation sites is 1. The molecule has 6 nitrogen and oxygen atoms in total. The summed E-state index contributed by atoms with van der Waals surface area (Å²) in [6, 6.07) is 9.86. The number of thiophene rings is 1. The van der Waals surface area contributed by atoms with Gasteiger partial charge in [-0.25, -0.2) is 13.4 Å². The summed E-state index contributed by atoms with van der Waals surface area (Å²) in [7, 11) is -3.76. The van der Waals surface area contributed by atoms with E-state index >= 15 is 0 Å². The molecule has 1 aromatic carbocycles. The van der Waals surface area contributed by atoms with Crippen molar-refractivity contribution in [3.63, 3.8) is 0 Å². The quantitative estimate of drug-likeness (QED) is 0.560. The molecule has 142 valence electrons. The van der Waals surface area contributed by atoms with Gasteiger partial charge >= 0.3 is 5.97 Å². The van der Waals surface area contributed by atoms with Crippen molar-refractivity contribution in [3.05, 3.63) is 45.7 Å². The second kappa shape index (κ2) is 7.48. The van der Waals surface area contributed by atoms with Gasteiger partial charge in [0.2, 0.25) is 0 Å². The maximum Gasteiger partial charge on any atom is 0.324 e. The van der Waals surface area contributed by atoms with Gasteiger partial charge in [0.15, 0.2) is 0 Å². The van der Waals surface area contributed by atoms with E-state index in [0.717, 1.165) is 21.6 Å². The Hall–Kier alpha value is -1.52. The van der Waals surface area contributed by atoms with Crippen LogP contribution < -0.4 is 0 Å². The second-order valence-corrected chi connectivity index (χ2v) is 11.0. The molecule has 0 amide bonds. The predicted octanol–water partition coefficient (Wildman–Crippen LogP) is 3.91. The Bertz CT molecular complexity index is 1060. The summed E-state index contributed by atoms with van der Waals surface area (Å²) in [5.74, 6) is -0.544. The Balaban J connectivity index is 1.47. The fourth-order valence-electron chi connectivity index (χ4n) is 3.03. The van der Waals surface area contributed by atoms with Gasteiger partial charge in [0.05, 0.1) is 14.6 Å². The third-order valence-corrected chi connectivity index (χ3v) is 8.88. The molecule has 10 heteroatoms. The summed E-state index contributed by atoms with van der Waals surface area (Å²) >= 11 is 8.30. The molecule has 1 aliphatic rings. The van der Waals surface area contributed by atoms with Crippen LogP contribution in [0.1, 0.15) is 17.8 Å². The van der Waals surface area contributed by atoms with Gasteiger partial charge in [-0.15, -0.1) is 22.7 Å². The van der Waals surface area contributed by atoms with Crippen molar-refractivity contribution in [1.29, 1.82) is 0 Å². The van der Waals surface area contributed by atoms with E-state index in [0.29, 0.717) is 28.7 Å². The number of aromatic nitrogens is 1. The van der Waals surface area contributed by atoms with E-state index in [9.17, 15) is 13.2 Å². The monoisotopic (exact) mass is 442 g/mol. The SMILES string of the molecule is O=C(OCc1nc2ccccc2s1)C1CCCN1S(=O)(=O)c1ccc(Cl)s1. The van der Waals surface area contributed by atoms with Gasteiger partial charge in [0, 0.05) is 6.54 Å². The summed E-state index contributed by atoms with van der Waals surface area (Å²) in [5.41, 5.74) is 0.855. The summed E-state index contributed by atoms with van der Waals surface area (Å²) in [5, 5.41) is 0.682. The zero-order valence-electron chi connectivity index (χ0n) is 14.0. The largest absolute Gasteiger partial charge is 0.457 e. The van der Waals surface area contributed by atoms with Gasteiger partial charge in [-0.3, -0.25) is 4.79 Å². The lowest BCUT2D eigenvalue weighted by Crippen LogP contribution is -2.41. The standard InChI is InChI=1S/C17H15ClN2O4S3/c18-14-7-8-16(26-14)27(22,23)20-9-3-5-12(20)17(21)24-10-15-19-11-4-1-2-6-13(11)25-15/h1-2,4,6-8,12H,3,5,9-10H2. The first-order valence-electron chi connectivity index (χ1n) is 8.23. The molecule has 2 aromatic heterocycles. The molecule has 1 atom stereocenters. The van der Waals surface area contributed by atoms with Crippen molar-refractivity contribution in [2.75, 3.05) is 6.54 Å². The number of carbonyl (C=O) groups is 1. The van der Waals surface area contributed by atoms with Crippen LogP contribution in [-0.4, -0.2) is 36.3 Å². The molecule has 0 bridgehead atoms. The van der Waals surface area contributed by atoms with Crippen LogP contribution in [0.3, 0.4) is 0 Å². The zero-order chi connectivity index (χ0) is 19.0. The van der Waals surface area contributed by atoms with E-state index in [2.05, 4.69) is 4.98 Å².